The van der Waals surface area contributed by atoms with Crippen LogP contribution >= 0.6 is 47.8 Å². The Morgan fingerprint density at radius 1 is 1.08 bits per heavy atom. The Labute approximate surface area is 102 Å². The van der Waals surface area contributed by atoms with Gasteiger partial charge in [0.05, 0.1) is 0 Å². The van der Waals surface area contributed by atoms with Crippen molar-refractivity contribution in [2.75, 3.05) is 0 Å². The summed E-state index contributed by atoms with van der Waals surface area (Å²) in [7, 11) is 0. The summed E-state index contributed by atoms with van der Waals surface area (Å²) < 4.78 is 3.14. The molecule has 0 bridgehead atoms. The number of rotatable bonds is 1. The van der Waals surface area contributed by atoms with E-state index in [1.807, 2.05) is 0 Å². The van der Waals surface area contributed by atoms with Crippen LogP contribution in [0.5, 0.6) is 0 Å². The van der Waals surface area contributed by atoms with Crippen molar-refractivity contribution in [2.45, 2.75) is 18.4 Å². The van der Waals surface area contributed by atoms with E-state index in [2.05, 4.69) is 59.9 Å². The molecule has 0 spiro atoms. The van der Waals surface area contributed by atoms with Gasteiger partial charge in [-0.2, -0.15) is 0 Å². The average Bonchev–Trinajstić information content (AvgIpc) is 2.80. The topological polar surface area (TPSA) is 26.0 Å². The normalized spacial score (nSPS) is 18.8. The molecule has 1 aliphatic rings. The molecule has 0 aromatic heterocycles. The summed E-state index contributed by atoms with van der Waals surface area (Å²) in [6.07, 6.45) is 2.18. The largest absolute Gasteiger partial charge is 0.321 e. The van der Waals surface area contributed by atoms with E-state index in [0.29, 0.717) is 0 Å². The van der Waals surface area contributed by atoms with Gasteiger partial charge in [-0.05, 0) is 78.3 Å². The molecule has 1 fully saturated rings. The maximum Gasteiger partial charge on any atom is 0.0459 e. The summed E-state index contributed by atoms with van der Waals surface area (Å²) in [6.45, 7) is 0. The Morgan fingerprint density at radius 3 is 1.92 bits per heavy atom. The van der Waals surface area contributed by atoms with E-state index in [9.17, 15) is 0 Å². The van der Waals surface area contributed by atoms with Crippen molar-refractivity contribution in [3.05, 3.63) is 31.1 Å². The second kappa shape index (κ2) is 3.33. The monoisotopic (exact) mass is 367 g/mol. The molecule has 0 heterocycles. The van der Waals surface area contributed by atoms with Crippen LogP contribution in [0.15, 0.2) is 25.6 Å². The lowest BCUT2D eigenvalue weighted by Gasteiger charge is -2.11. The molecule has 0 unspecified atom stereocenters. The molecule has 0 radical (unpaired) electrons. The zero-order chi connectivity index (χ0) is 9.64. The molecule has 13 heavy (non-hydrogen) atoms. The molecule has 70 valence electrons. The van der Waals surface area contributed by atoms with Crippen molar-refractivity contribution in [2.24, 2.45) is 5.73 Å². The lowest BCUT2D eigenvalue weighted by Crippen LogP contribution is -2.18. The van der Waals surface area contributed by atoms with E-state index in [1.54, 1.807) is 0 Å². The molecular weight excluding hydrogens is 362 g/mol. The summed E-state index contributed by atoms with van der Waals surface area (Å²) in [5.41, 5.74) is 7.24. The number of hydrogen-bond acceptors (Lipinski definition) is 1. The Morgan fingerprint density at radius 2 is 1.54 bits per heavy atom. The predicted molar refractivity (Wildman–Crippen MR) is 64.6 cm³/mol. The van der Waals surface area contributed by atoms with Crippen LogP contribution in [0.4, 0.5) is 0 Å². The molecule has 0 amide bonds. The third-order valence-corrected chi connectivity index (χ3v) is 5.52. The van der Waals surface area contributed by atoms with Crippen LogP contribution in [0, 0.1) is 0 Å². The predicted octanol–water partition coefficient (Wildman–Crippen LogP) is 3.92. The molecule has 2 N–H and O–H groups in total. The van der Waals surface area contributed by atoms with Crippen LogP contribution in [0.2, 0.25) is 0 Å². The van der Waals surface area contributed by atoms with Crippen LogP contribution in [-0.2, 0) is 5.54 Å². The average molecular weight is 370 g/mol. The van der Waals surface area contributed by atoms with Gasteiger partial charge in [0.1, 0.15) is 0 Å². The summed E-state index contributed by atoms with van der Waals surface area (Å²) in [5, 5.41) is 0. The fourth-order valence-corrected chi connectivity index (χ4v) is 2.68. The number of halogens is 3. The maximum absolute atomic E-state index is 6.10. The van der Waals surface area contributed by atoms with Gasteiger partial charge in [-0.15, -0.1) is 0 Å². The first kappa shape index (κ1) is 10.1. The van der Waals surface area contributed by atoms with Crippen LogP contribution in [-0.4, -0.2) is 0 Å². The number of benzene rings is 1. The Balaban J connectivity index is 2.50. The summed E-state index contributed by atoms with van der Waals surface area (Å²) >= 11 is 10.4. The molecular formula is C9H8Br3N. The minimum Gasteiger partial charge on any atom is -0.321 e. The first-order valence-electron chi connectivity index (χ1n) is 3.97. The van der Waals surface area contributed by atoms with Gasteiger partial charge in [0.25, 0.3) is 0 Å². The van der Waals surface area contributed by atoms with Crippen LogP contribution in [0.3, 0.4) is 0 Å². The third-order valence-electron chi connectivity index (χ3n) is 2.35. The smallest absolute Gasteiger partial charge is 0.0459 e. The number of hydrogen-bond donors (Lipinski definition) is 1. The Hall–Kier alpha value is 0.620. The van der Waals surface area contributed by atoms with Gasteiger partial charge in [-0.25, -0.2) is 0 Å². The highest BCUT2D eigenvalue weighted by Crippen LogP contribution is 2.45. The van der Waals surface area contributed by atoms with E-state index in [4.69, 9.17) is 5.73 Å². The standard InChI is InChI=1S/C9H8Br3N/c10-6-3-5(9(13)1-2-9)4-7(11)8(6)12/h3-4H,1-2,13H2. The van der Waals surface area contributed by atoms with Crippen LogP contribution in [0.1, 0.15) is 18.4 Å². The fraction of sp³-hybridized carbons (Fsp3) is 0.333. The van der Waals surface area contributed by atoms with E-state index in [0.717, 1.165) is 26.3 Å². The minimum atomic E-state index is -0.0638. The van der Waals surface area contributed by atoms with Gasteiger partial charge in [0.2, 0.25) is 0 Å². The molecule has 1 aromatic rings. The Bertz CT molecular complexity index is 335. The van der Waals surface area contributed by atoms with E-state index < -0.39 is 0 Å². The van der Waals surface area contributed by atoms with Crippen molar-refractivity contribution in [3.8, 4) is 0 Å². The first-order valence-corrected chi connectivity index (χ1v) is 6.35. The zero-order valence-corrected chi connectivity index (χ0v) is 11.5. The Kier molecular flexibility index (Phi) is 2.60. The van der Waals surface area contributed by atoms with Crippen molar-refractivity contribution in [3.63, 3.8) is 0 Å². The summed E-state index contributed by atoms with van der Waals surface area (Å²) in [5.74, 6) is 0. The fourth-order valence-electron chi connectivity index (χ4n) is 1.27. The van der Waals surface area contributed by atoms with Gasteiger partial charge in [0, 0.05) is 19.0 Å². The summed E-state index contributed by atoms with van der Waals surface area (Å²) in [4.78, 5) is 0. The van der Waals surface area contributed by atoms with Crippen molar-refractivity contribution < 1.29 is 0 Å². The lowest BCUT2D eigenvalue weighted by atomic mass is 10.1. The molecule has 2 rings (SSSR count). The van der Waals surface area contributed by atoms with Crippen molar-refractivity contribution >= 4 is 47.8 Å². The third kappa shape index (κ3) is 1.87. The maximum atomic E-state index is 6.10. The highest BCUT2D eigenvalue weighted by Gasteiger charge is 2.40. The van der Waals surface area contributed by atoms with E-state index >= 15 is 0 Å². The highest BCUT2D eigenvalue weighted by atomic mass is 79.9. The van der Waals surface area contributed by atoms with E-state index in [-0.39, 0.29) is 5.54 Å². The second-order valence-corrected chi connectivity index (χ2v) is 5.91. The van der Waals surface area contributed by atoms with Gasteiger partial charge in [-0.1, -0.05) is 0 Å². The zero-order valence-electron chi connectivity index (χ0n) is 6.78. The highest BCUT2D eigenvalue weighted by molar-refractivity contribution is 9.14. The second-order valence-electron chi connectivity index (χ2n) is 3.41. The number of nitrogens with two attached hydrogens (primary N) is 1. The van der Waals surface area contributed by atoms with Crippen molar-refractivity contribution in [1.82, 2.24) is 0 Å². The first-order chi connectivity index (χ1) is 6.03. The SMILES string of the molecule is NC1(c2cc(Br)c(Br)c(Br)c2)CC1. The quantitative estimate of drug-likeness (QED) is 0.746. The van der Waals surface area contributed by atoms with Crippen molar-refractivity contribution in [1.29, 1.82) is 0 Å². The molecule has 0 atom stereocenters. The molecule has 4 heteroatoms. The van der Waals surface area contributed by atoms with Crippen LogP contribution in [0.25, 0.3) is 0 Å². The van der Waals surface area contributed by atoms with Gasteiger partial charge in [-0.3, -0.25) is 0 Å². The van der Waals surface area contributed by atoms with Crippen LogP contribution < -0.4 is 5.73 Å². The molecule has 1 nitrogen and oxygen atoms in total. The summed E-state index contributed by atoms with van der Waals surface area (Å²) in [6, 6.07) is 4.17. The van der Waals surface area contributed by atoms with Gasteiger partial charge in [0.15, 0.2) is 0 Å². The molecule has 1 saturated carbocycles. The van der Waals surface area contributed by atoms with Gasteiger partial charge < -0.3 is 5.73 Å². The molecule has 0 saturated heterocycles. The minimum absolute atomic E-state index is 0.0638. The molecule has 0 aliphatic heterocycles. The lowest BCUT2D eigenvalue weighted by molar-refractivity contribution is 0.738. The molecule has 1 aromatic carbocycles. The van der Waals surface area contributed by atoms with Gasteiger partial charge >= 0.3 is 0 Å². The van der Waals surface area contributed by atoms with E-state index in [1.165, 1.54) is 5.56 Å². The molecule has 1 aliphatic carbocycles.